The standard InChI is InChI=1S/C24H36N6O3/c1-3-4-6-18(16-29(33)17-31)24(32)30-10-5-7-22(30)23-25-20-9-8-19(15-21(20)26-23)28-13-11-27(2)12-14-28/h8-9,15,17-18,22,33H,3-7,10-14,16H2,1-2H3,(H,25,26). The van der Waals surface area contributed by atoms with E-state index in [2.05, 4.69) is 47.0 Å². The van der Waals surface area contributed by atoms with Crippen molar-refractivity contribution in [3.63, 3.8) is 0 Å². The molecule has 1 aromatic carbocycles. The quantitative estimate of drug-likeness (QED) is 0.342. The molecule has 0 aliphatic carbocycles. The molecule has 9 nitrogen and oxygen atoms in total. The first-order valence-electron chi connectivity index (χ1n) is 12.1. The number of aromatic amines is 1. The van der Waals surface area contributed by atoms with E-state index < -0.39 is 5.92 Å². The molecule has 3 heterocycles. The first kappa shape index (κ1) is 23.5. The lowest BCUT2D eigenvalue weighted by Crippen LogP contribution is -2.44. The summed E-state index contributed by atoms with van der Waals surface area (Å²) in [7, 11) is 2.15. The van der Waals surface area contributed by atoms with E-state index in [-0.39, 0.29) is 18.5 Å². The second kappa shape index (κ2) is 10.5. The largest absolute Gasteiger partial charge is 0.369 e. The lowest BCUT2D eigenvalue weighted by atomic mass is 9.99. The van der Waals surface area contributed by atoms with Crippen LogP contribution in [0.15, 0.2) is 18.2 Å². The Bertz CT molecular complexity index is 955. The van der Waals surface area contributed by atoms with Crippen molar-refractivity contribution in [1.82, 2.24) is 24.8 Å². The zero-order chi connectivity index (χ0) is 23.4. The molecule has 0 spiro atoms. The smallest absolute Gasteiger partial charge is 0.233 e. The predicted octanol–water partition coefficient (Wildman–Crippen LogP) is 2.63. The Morgan fingerprint density at radius 3 is 2.82 bits per heavy atom. The van der Waals surface area contributed by atoms with Crippen LogP contribution in [0, 0.1) is 5.92 Å². The molecule has 9 heteroatoms. The van der Waals surface area contributed by atoms with E-state index in [4.69, 9.17) is 4.98 Å². The van der Waals surface area contributed by atoms with Crippen LogP contribution >= 0.6 is 0 Å². The molecule has 2 aliphatic heterocycles. The molecule has 33 heavy (non-hydrogen) atoms. The molecule has 2 saturated heterocycles. The molecule has 0 radical (unpaired) electrons. The number of carbonyl (C=O) groups is 2. The minimum atomic E-state index is -0.408. The van der Waals surface area contributed by atoms with E-state index in [1.54, 1.807) is 0 Å². The molecule has 1 aromatic heterocycles. The summed E-state index contributed by atoms with van der Waals surface area (Å²) in [6.45, 7) is 6.89. The summed E-state index contributed by atoms with van der Waals surface area (Å²) in [6, 6.07) is 6.26. The highest BCUT2D eigenvalue weighted by molar-refractivity contribution is 5.81. The number of hydrogen-bond acceptors (Lipinski definition) is 6. The topological polar surface area (TPSA) is 96.0 Å². The maximum absolute atomic E-state index is 13.4. The Labute approximate surface area is 195 Å². The number of aromatic nitrogens is 2. The minimum Gasteiger partial charge on any atom is -0.369 e. The van der Waals surface area contributed by atoms with Crippen molar-refractivity contribution >= 4 is 29.0 Å². The number of amides is 2. The van der Waals surface area contributed by atoms with E-state index in [0.717, 1.165) is 68.7 Å². The van der Waals surface area contributed by atoms with Crippen LogP contribution in [0.2, 0.25) is 0 Å². The van der Waals surface area contributed by atoms with E-state index in [9.17, 15) is 14.8 Å². The van der Waals surface area contributed by atoms with E-state index in [1.807, 2.05) is 4.90 Å². The SMILES string of the molecule is CCCCC(CN(O)C=O)C(=O)N1CCCC1c1nc2cc(N3CCN(C)CC3)ccc2[nH]1. The Kier molecular flexibility index (Phi) is 7.49. The van der Waals surface area contributed by atoms with Gasteiger partial charge in [0, 0.05) is 38.4 Å². The number of rotatable bonds is 9. The number of benzene rings is 1. The molecule has 2 unspecified atom stereocenters. The van der Waals surface area contributed by atoms with E-state index in [1.165, 1.54) is 5.69 Å². The summed E-state index contributed by atoms with van der Waals surface area (Å²) in [5, 5.41) is 10.3. The Morgan fingerprint density at radius 1 is 1.30 bits per heavy atom. The summed E-state index contributed by atoms with van der Waals surface area (Å²) in [4.78, 5) is 39.3. The number of hydroxylamine groups is 2. The third-order valence-electron chi connectivity index (χ3n) is 6.99. The number of likely N-dealkylation sites (tertiary alicyclic amines) is 1. The molecule has 0 saturated carbocycles. The number of imidazole rings is 1. The molecule has 2 fully saturated rings. The third kappa shape index (κ3) is 5.30. The second-order valence-corrected chi connectivity index (χ2v) is 9.37. The fourth-order valence-corrected chi connectivity index (χ4v) is 4.99. The maximum atomic E-state index is 13.4. The highest BCUT2D eigenvalue weighted by Gasteiger charge is 2.36. The van der Waals surface area contributed by atoms with Gasteiger partial charge in [0.25, 0.3) is 0 Å². The lowest BCUT2D eigenvalue weighted by Gasteiger charge is -2.34. The van der Waals surface area contributed by atoms with Crippen molar-refractivity contribution in [3.05, 3.63) is 24.0 Å². The van der Waals surface area contributed by atoms with Crippen LogP contribution in [0.1, 0.15) is 50.9 Å². The van der Waals surface area contributed by atoms with Crippen LogP contribution in [0.3, 0.4) is 0 Å². The molecule has 2 aromatic rings. The number of piperazine rings is 1. The van der Waals surface area contributed by atoms with Gasteiger partial charge < -0.3 is 19.7 Å². The van der Waals surface area contributed by atoms with Crippen LogP contribution in [0.4, 0.5) is 5.69 Å². The average Bonchev–Trinajstić information content (AvgIpc) is 3.48. The van der Waals surface area contributed by atoms with Crippen molar-refractivity contribution in [1.29, 1.82) is 0 Å². The van der Waals surface area contributed by atoms with Crippen molar-refractivity contribution in [3.8, 4) is 0 Å². The summed E-state index contributed by atoms with van der Waals surface area (Å²) < 4.78 is 0. The van der Waals surface area contributed by atoms with Crippen molar-refractivity contribution < 1.29 is 14.8 Å². The number of unbranched alkanes of at least 4 members (excludes halogenated alkanes) is 1. The van der Waals surface area contributed by atoms with Gasteiger partial charge in [-0.15, -0.1) is 0 Å². The minimum absolute atomic E-state index is 0.00886. The Hall–Kier alpha value is -2.65. The number of likely N-dealkylation sites (N-methyl/N-ethyl adjacent to an activating group) is 1. The molecule has 2 N–H and O–H groups in total. The Balaban J connectivity index is 1.52. The normalized spacial score (nSPS) is 20.4. The average molecular weight is 457 g/mol. The van der Waals surface area contributed by atoms with Gasteiger partial charge in [-0.3, -0.25) is 14.8 Å². The molecule has 0 bridgehead atoms. The molecular weight excluding hydrogens is 420 g/mol. The van der Waals surface area contributed by atoms with Crippen molar-refractivity contribution in [2.75, 3.05) is 51.2 Å². The first-order chi connectivity index (χ1) is 16.0. The van der Waals surface area contributed by atoms with Crippen LogP contribution in [0.5, 0.6) is 0 Å². The van der Waals surface area contributed by atoms with Crippen LogP contribution in [-0.4, -0.2) is 88.7 Å². The van der Waals surface area contributed by atoms with Gasteiger partial charge in [0.2, 0.25) is 12.3 Å². The highest BCUT2D eigenvalue weighted by atomic mass is 16.5. The zero-order valence-electron chi connectivity index (χ0n) is 19.7. The monoisotopic (exact) mass is 456 g/mol. The highest BCUT2D eigenvalue weighted by Crippen LogP contribution is 2.34. The zero-order valence-corrected chi connectivity index (χ0v) is 19.7. The summed E-state index contributed by atoms with van der Waals surface area (Å²) in [5.74, 6) is 0.399. The third-order valence-corrected chi connectivity index (χ3v) is 6.99. The van der Waals surface area contributed by atoms with Crippen LogP contribution in [0.25, 0.3) is 11.0 Å². The summed E-state index contributed by atoms with van der Waals surface area (Å²) in [5.41, 5.74) is 3.09. The number of H-pyrrole nitrogens is 1. The molecule has 2 atom stereocenters. The van der Waals surface area contributed by atoms with Gasteiger partial charge in [0.15, 0.2) is 0 Å². The van der Waals surface area contributed by atoms with E-state index in [0.29, 0.717) is 24.4 Å². The molecule has 2 amide bonds. The van der Waals surface area contributed by atoms with Gasteiger partial charge in [0.05, 0.1) is 29.5 Å². The first-order valence-corrected chi connectivity index (χ1v) is 12.1. The second-order valence-electron chi connectivity index (χ2n) is 9.37. The summed E-state index contributed by atoms with van der Waals surface area (Å²) in [6.07, 6.45) is 4.62. The van der Waals surface area contributed by atoms with Crippen LogP contribution < -0.4 is 4.90 Å². The fraction of sp³-hybridized carbons (Fsp3) is 0.625. The van der Waals surface area contributed by atoms with Crippen molar-refractivity contribution in [2.24, 2.45) is 5.92 Å². The predicted molar refractivity (Wildman–Crippen MR) is 127 cm³/mol. The number of carbonyl (C=O) groups excluding carboxylic acids is 2. The molecule has 4 rings (SSSR count). The maximum Gasteiger partial charge on any atom is 0.233 e. The number of nitrogens with zero attached hydrogens (tertiary/aromatic N) is 5. The molecular formula is C24H36N6O3. The van der Waals surface area contributed by atoms with Gasteiger partial charge in [-0.05, 0) is 44.5 Å². The van der Waals surface area contributed by atoms with E-state index >= 15 is 0 Å². The van der Waals surface area contributed by atoms with Crippen molar-refractivity contribution in [2.45, 2.75) is 45.1 Å². The number of nitrogens with one attached hydrogen (secondary N) is 1. The fourth-order valence-electron chi connectivity index (χ4n) is 4.99. The van der Waals surface area contributed by atoms with Gasteiger partial charge >= 0.3 is 0 Å². The van der Waals surface area contributed by atoms with Gasteiger partial charge in [-0.1, -0.05) is 19.8 Å². The van der Waals surface area contributed by atoms with Gasteiger partial charge in [0.1, 0.15) is 5.82 Å². The molecule has 2 aliphatic rings. The van der Waals surface area contributed by atoms with Gasteiger partial charge in [-0.2, -0.15) is 0 Å². The molecule has 180 valence electrons. The van der Waals surface area contributed by atoms with Crippen LogP contribution in [-0.2, 0) is 9.59 Å². The van der Waals surface area contributed by atoms with Gasteiger partial charge in [-0.25, -0.2) is 10.0 Å². The number of fused-ring (bicyclic) bond motifs is 1. The number of hydrogen-bond donors (Lipinski definition) is 2. The summed E-state index contributed by atoms with van der Waals surface area (Å²) >= 11 is 0. The lowest BCUT2D eigenvalue weighted by molar-refractivity contribution is -0.157. The Morgan fingerprint density at radius 2 is 2.09 bits per heavy atom. The number of anilines is 1.